The fraction of sp³-hybridized carbons (Fsp3) is 0.250. The van der Waals surface area contributed by atoms with E-state index >= 15 is 0 Å². The third kappa shape index (κ3) is 4.06. The number of aryl methyl sites for hydroxylation is 2. The summed E-state index contributed by atoms with van der Waals surface area (Å²) in [5.41, 5.74) is 2.33. The molecule has 0 heterocycles. The van der Waals surface area contributed by atoms with Crippen LogP contribution in [0.5, 0.6) is 0 Å². The highest BCUT2D eigenvalue weighted by molar-refractivity contribution is 7.89. The van der Waals surface area contributed by atoms with Crippen LogP contribution in [0.1, 0.15) is 11.1 Å². The molecule has 21 heavy (non-hydrogen) atoms. The lowest BCUT2D eigenvalue weighted by atomic mass is 10.0. The predicted octanol–water partition coefficient (Wildman–Crippen LogP) is 3.38. The van der Waals surface area contributed by atoms with Crippen molar-refractivity contribution in [2.45, 2.75) is 17.7 Å². The summed E-state index contributed by atoms with van der Waals surface area (Å²) in [5, 5.41) is 0.733. The normalized spacial score (nSPS) is 11.8. The number of hydrogen-bond acceptors (Lipinski definition) is 2. The molecule has 3 nitrogen and oxygen atoms in total. The lowest BCUT2D eigenvalue weighted by Gasteiger charge is -2.11. The van der Waals surface area contributed by atoms with Gasteiger partial charge in [-0.25, -0.2) is 12.7 Å². The molecule has 0 saturated heterocycles. The molecule has 0 bridgehead atoms. The van der Waals surface area contributed by atoms with Crippen molar-refractivity contribution in [1.29, 1.82) is 0 Å². The SMILES string of the molecule is CN(C)S(=O)(=O)c1ccc(CCc2ccc(Cl)cc2)cc1. The van der Waals surface area contributed by atoms with Crippen LogP contribution in [0.3, 0.4) is 0 Å². The van der Waals surface area contributed by atoms with Crippen molar-refractivity contribution in [3.8, 4) is 0 Å². The van der Waals surface area contributed by atoms with Crippen molar-refractivity contribution in [2.75, 3.05) is 14.1 Å². The fourth-order valence-electron chi connectivity index (χ4n) is 1.98. The van der Waals surface area contributed by atoms with E-state index < -0.39 is 10.0 Å². The maximum Gasteiger partial charge on any atom is 0.242 e. The molecule has 2 aromatic rings. The minimum absolute atomic E-state index is 0.322. The van der Waals surface area contributed by atoms with Gasteiger partial charge in [-0.2, -0.15) is 0 Å². The van der Waals surface area contributed by atoms with Crippen LogP contribution in [-0.4, -0.2) is 26.8 Å². The van der Waals surface area contributed by atoms with Crippen molar-refractivity contribution in [3.63, 3.8) is 0 Å². The number of sulfonamides is 1. The zero-order chi connectivity index (χ0) is 15.5. The molecule has 0 N–H and O–H groups in total. The van der Waals surface area contributed by atoms with E-state index in [0.29, 0.717) is 4.90 Å². The van der Waals surface area contributed by atoms with E-state index in [1.165, 1.54) is 24.0 Å². The van der Waals surface area contributed by atoms with Gasteiger partial charge in [-0.15, -0.1) is 0 Å². The molecule has 0 aliphatic rings. The topological polar surface area (TPSA) is 37.4 Å². The second-order valence-electron chi connectivity index (χ2n) is 5.06. The summed E-state index contributed by atoms with van der Waals surface area (Å²) in [6.45, 7) is 0. The monoisotopic (exact) mass is 323 g/mol. The molecule has 0 fully saturated rings. The summed E-state index contributed by atoms with van der Waals surface area (Å²) in [7, 11) is -0.284. The van der Waals surface area contributed by atoms with Gasteiger partial charge in [-0.05, 0) is 48.2 Å². The Morgan fingerprint density at radius 1 is 0.857 bits per heavy atom. The van der Waals surface area contributed by atoms with Crippen LogP contribution >= 0.6 is 11.6 Å². The number of hydrogen-bond donors (Lipinski definition) is 0. The summed E-state index contributed by atoms with van der Waals surface area (Å²) >= 11 is 5.85. The standard InChI is InChI=1S/C16H18ClNO2S/c1-18(2)21(19,20)16-11-7-14(8-12-16)4-3-13-5-9-15(17)10-6-13/h5-12H,3-4H2,1-2H3. The van der Waals surface area contributed by atoms with Gasteiger partial charge in [0.2, 0.25) is 10.0 Å². The summed E-state index contributed by atoms with van der Waals surface area (Å²) in [6, 6.07) is 14.8. The lowest BCUT2D eigenvalue weighted by Crippen LogP contribution is -2.22. The average molecular weight is 324 g/mol. The zero-order valence-electron chi connectivity index (χ0n) is 12.1. The Bertz CT molecular complexity index is 692. The van der Waals surface area contributed by atoms with Gasteiger partial charge in [0, 0.05) is 19.1 Å². The Kier molecular flexibility index (Phi) is 5.04. The Morgan fingerprint density at radius 2 is 1.29 bits per heavy atom. The van der Waals surface area contributed by atoms with Gasteiger partial charge in [0.1, 0.15) is 0 Å². The third-order valence-corrected chi connectivity index (χ3v) is 5.40. The van der Waals surface area contributed by atoms with Crippen LogP contribution in [0.15, 0.2) is 53.4 Å². The smallest absolute Gasteiger partial charge is 0.207 e. The molecule has 0 aliphatic heterocycles. The largest absolute Gasteiger partial charge is 0.242 e. The average Bonchev–Trinajstić information content (AvgIpc) is 2.47. The molecular weight excluding hydrogens is 306 g/mol. The summed E-state index contributed by atoms with van der Waals surface area (Å²) in [5.74, 6) is 0. The van der Waals surface area contributed by atoms with Crippen LogP contribution in [-0.2, 0) is 22.9 Å². The molecular formula is C16H18ClNO2S. The summed E-state index contributed by atoms with van der Waals surface area (Å²) in [4.78, 5) is 0.322. The van der Waals surface area contributed by atoms with E-state index in [4.69, 9.17) is 11.6 Å². The molecule has 0 unspecified atom stereocenters. The fourth-order valence-corrected chi connectivity index (χ4v) is 3.01. The van der Waals surface area contributed by atoms with Crippen molar-refractivity contribution < 1.29 is 8.42 Å². The van der Waals surface area contributed by atoms with E-state index in [9.17, 15) is 8.42 Å². The lowest BCUT2D eigenvalue weighted by molar-refractivity contribution is 0.520. The van der Waals surface area contributed by atoms with Crippen LogP contribution in [0.25, 0.3) is 0 Å². The van der Waals surface area contributed by atoms with Crippen LogP contribution in [0, 0.1) is 0 Å². The number of halogens is 1. The molecule has 0 aromatic heterocycles. The Hall–Kier alpha value is -1.36. The highest BCUT2D eigenvalue weighted by Gasteiger charge is 2.16. The first-order chi connectivity index (χ1) is 9.89. The molecule has 0 radical (unpaired) electrons. The molecule has 2 aromatic carbocycles. The van der Waals surface area contributed by atoms with Gasteiger partial charge in [0.15, 0.2) is 0 Å². The highest BCUT2D eigenvalue weighted by Crippen LogP contribution is 2.16. The van der Waals surface area contributed by atoms with E-state index in [1.54, 1.807) is 12.1 Å². The van der Waals surface area contributed by atoms with Crippen molar-refractivity contribution in [3.05, 3.63) is 64.7 Å². The third-order valence-electron chi connectivity index (χ3n) is 3.32. The van der Waals surface area contributed by atoms with Crippen molar-refractivity contribution in [1.82, 2.24) is 4.31 Å². The number of nitrogens with zero attached hydrogens (tertiary/aromatic N) is 1. The Balaban J connectivity index is 2.05. The van der Waals surface area contributed by atoms with Crippen LogP contribution in [0.4, 0.5) is 0 Å². The maximum atomic E-state index is 12.0. The quantitative estimate of drug-likeness (QED) is 0.846. The van der Waals surface area contributed by atoms with Crippen LogP contribution in [0.2, 0.25) is 5.02 Å². The Labute approximate surface area is 131 Å². The van der Waals surface area contributed by atoms with E-state index in [1.807, 2.05) is 36.4 Å². The van der Waals surface area contributed by atoms with Gasteiger partial charge in [-0.3, -0.25) is 0 Å². The molecule has 0 spiro atoms. The van der Waals surface area contributed by atoms with Gasteiger partial charge >= 0.3 is 0 Å². The molecule has 0 amide bonds. The van der Waals surface area contributed by atoms with Gasteiger partial charge in [0.25, 0.3) is 0 Å². The number of benzene rings is 2. The molecule has 112 valence electrons. The van der Waals surface area contributed by atoms with Gasteiger partial charge in [-0.1, -0.05) is 35.9 Å². The summed E-state index contributed by atoms with van der Waals surface area (Å²) < 4.78 is 25.2. The number of rotatable bonds is 5. The minimum atomic E-state index is -3.35. The maximum absolute atomic E-state index is 12.0. The highest BCUT2D eigenvalue weighted by atomic mass is 35.5. The van der Waals surface area contributed by atoms with E-state index in [0.717, 1.165) is 23.4 Å². The second kappa shape index (κ2) is 6.60. The first-order valence-electron chi connectivity index (χ1n) is 6.65. The van der Waals surface area contributed by atoms with Crippen LogP contribution < -0.4 is 0 Å². The van der Waals surface area contributed by atoms with E-state index in [2.05, 4.69) is 0 Å². The first kappa shape index (κ1) is 16.0. The first-order valence-corrected chi connectivity index (χ1v) is 8.47. The molecule has 0 atom stereocenters. The molecule has 0 saturated carbocycles. The van der Waals surface area contributed by atoms with E-state index in [-0.39, 0.29) is 0 Å². The van der Waals surface area contributed by atoms with Crippen molar-refractivity contribution >= 4 is 21.6 Å². The molecule has 0 aliphatic carbocycles. The molecule has 5 heteroatoms. The minimum Gasteiger partial charge on any atom is -0.207 e. The second-order valence-corrected chi connectivity index (χ2v) is 7.65. The molecule has 2 rings (SSSR count). The Morgan fingerprint density at radius 3 is 1.71 bits per heavy atom. The van der Waals surface area contributed by atoms with Crippen molar-refractivity contribution in [2.24, 2.45) is 0 Å². The van der Waals surface area contributed by atoms with Gasteiger partial charge < -0.3 is 0 Å². The zero-order valence-corrected chi connectivity index (χ0v) is 13.7. The summed E-state index contributed by atoms with van der Waals surface area (Å²) in [6.07, 6.45) is 1.76. The predicted molar refractivity (Wildman–Crippen MR) is 86.2 cm³/mol. The van der Waals surface area contributed by atoms with Gasteiger partial charge in [0.05, 0.1) is 4.90 Å².